The molecule has 0 unspecified atom stereocenters. The minimum absolute atomic E-state index is 0.0306. The van der Waals surface area contributed by atoms with Gasteiger partial charge in [0.2, 0.25) is 11.8 Å². The van der Waals surface area contributed by atoms with Gasteiger partial charge >= 0.3 is 0 Å². The Balaban J connectivity index is 2.40. The number of nitrogens with zero attached hydrogens (tertiary/aromatic N) is 3. The third-order valence-electron chi connectivity index (χ3n) is 2.05. The Labute approximate surface area is 77.9 Å². The number of amides is 2. The quantitative estimate of drug-likeness (QED) is 0.543. The lowest BCUT2D eigenvalue weighted by Gasteiger charge is -2.16. The molecular weight excluding hydrogens is 170 g/mol. The van der Waals surface area contributed by atoms with Crippen molar-refractivity contribution in [1.82, 2.24) is 14.7 Å². The summed E-state index contributed by atoms with van der Waals surface area (Å²) in [5.41, 5.74) is 0. The van der Waals surface area contributed by atoms with Gasteiger partial charge in [0.1, 0.15) is 0 Å². The maximum absolute atomic E-state index is 11.3. The largest absolute Gasteiger partial charge is 0.348 e. The molecule has 1 aliphatic heterocycles. The SMILES string of the molecule is CN(C)C(=O)CN1CC(=O)N(C)C1. The second-order valence-electron chi connectivity index (χ2n) is 3.51. The molecule has 5 heteroatoms. The fourth-order valence-electron chi connectivity index (χ4n) is 1.18. The van der Waals surface area contributed by atoms with E-state index in [0.29, 0.717) is 19.8 Å². The third kappa shape index (κ3) is 2.42. The van der Waals surface area contributed by atoms with Gasteiger partial charge in [-0.05, 0) is 0 Å². The van der Waals surface area contributed by atoms with E-state index in [1.165, 1.54) is 4.90 Å². The van der Waals surface area contributed by atoms with Crippen LogP contribution < -0.4 is 0 Å². The van der Waals surface area contributed by atoms with E-state index in [1.807, 2.05) is 4.90 Å². The van der Waals surface area contributed by atoms with Crippen molar-refractivity contribution in [1.29, 1.82) is 0 Å². The van der Waals surface area contributed by atoms with Crippen molar-refractivity contribution in [2.45, 2.75) is 0 Å². The second kappa shape index (κ2) is 3.74. The lowest BCUT2D eigenvalue weighted by Crippen LogP contribution is -2.36. The highest BCUT2D eigenvalue weighted by molar-refractivity contribution is 5.82. The summed E-state index contributed by atoms with van der Waals surface area (Å²) in [5.74, 6) is 0.106. The molecule has 0 aromatic heterocycles. The van der Waals surface area contributed by atoms with E-state index in [9.17, 15) is 9.59 Å². The van der Waals surface area contributed by atoms with Gasteiger partial charge in [-0.1, -0.05) is 0 Å². The summed E-state index contributed by atoms with van der Waals surface area (Å²) in [6, 6.07) is 0. The Kier molecular flexibility index (Phi) is 2.87. The first-order valence-electron chi connectivity index (χ1n) is 4.17. The van der Waals surface area contributed by atoms with E-state index >= 15 is 0 Å². The van der Waals surface area contributed by atoms with Crippen LogP contribution in [0.4, 0.5) is 0 Å². The van der Waals surface area contributed by atoms with Crippen molar-refractivity contribution in [3.8, 4) is 0 Å². The Bertz CT molecular complexity index is 227. The van der Waals surface area contributed by atoms with Crippen LogP contribution in [0.15, 0.2) is 0 Å². The molecule has 5 nitrogen and oxygen atoms in total. The molecule has 0 radical (unpaired) electrons. The van der Waals surface area contributed by atoms with Crippen LogP contribution >= 0.6 is 0 Å². The summed E-state index contributed by atoms with van der Waals surface area (Å²) in [7, 11) is 5.16. The standard InChI is InChI=1S/C8H15N3O2/c1-9(2)7(12)4-11-5-8(13)10(3)6-11/h4-6H2,1-3H3. The van der Waals surface area contributed by atoms with Crippen molar-refractivity contribution in [3.63, 3.8) is 0 Å². The molecule has 0 spiro atoms. The number of hydrogen-bond acceptors (Lipinski definition) is 3. The van der Waals surface area contributed by atoms with Crippen LogP contribution in [-0.4, -0.2) is 67.4 Å². The molecule has 1 rings (SSSR count). The van der Waals surface area contributed by atoms with Gasteiger partial charge in [0.05, 0.1) is 19.8 Å². The molecule has 74 valence electrons. The van der Waals surface area contributed by atoms with Crippen LogP contribution in [0.5, 0.6) is 0 Å². The van der Waals surface area contributed by atoms with E-state index in [4.69, 9.17) is 0 Å². The van der Waals surface area contributed by atoms with Crippen molar-refractivity contribution in [2.24, 2.45) is 0 Å². The molecular formula is C8H15N3O2. The van der Waals surface area contributed by atoms with Crippen LogP contribution in [0.2, 0.25) is 0 Å². The maximum Gasteiger partial charge on any atom is 0.237 e. The van der Waals surface area contributed by atoms with Crippen LogP contribution in [0.25, 0.3) is 0 Å². The van der Waals surface area contributed by atoms with Crippen molar-refractivity contribution in [2.75, 3.05) is 40.9 Å². The van der Waals surface area contributed by atoms with E-state index < -0.39 is 0 Å². The Morgan fingerprint density at radius 2 is 2.15 bits per heavy atom. The van der Waals surface area contributed by atoms with E-state index in [2.05, 4.69) is 0 Å². The molecule has 1 heterocycles. The molecule has 1 aliphatic rings. The summed E-state index contributed by atoms with van der Waals surface area (Å²) in [4.78, 5) is 27.3. The summed E-state index contributed by atoms with van der Waals surface area (Å²) in [5, 5.41) is 0. The minimum Gasteiger partial charge on any atom is -0.348 e. The predicted octanol–water partition coefficient (Wildman–Crippen LogP) is -1.19. The highest BCUT2D eigenvalue weighted by Crippen LogP contribution is 2.03. The molecule has 13 heavy (non-hydrogen) atoms. The molecule has 0 N–H and O–H groups in total. The number of likely N-dealkylation sites (N-methyl/N-ethyl adjacent to an activating group) is 2. The second-order valence-corrected chi connectivity index (χ2v) is 3.51. The molecule has 0 aromatic carbocycles. The monoisotopic (exact) mass is 185 g/mol. The Morgan fingerprint density at radius 1 is 1.54 bits per heavy atom. The van der Waals surface area contributed by atoms with E-state index in [0.717, 1.165) is 0 Å². The number of rotatable bonds is 2. The van der Waals surface area contributed by atoms with Gasteiger partial charge in [0.15, 0.2) is 0 Å². The molecule has 2 amide bonds. The van der Waals surface area contributed by atoms with Crippen molar-refractivity contribution in [3.05, 3.63) is 0 Å². The molecule has 1 saturated heterocycles. The zero-order chi connectivity index (χ0) is 10.0. The first kappa shape index (κ1) is 9.98. The smallest absolute Gasteiger partial charge is 0.237 e. The summed E-state index contributed by atoms with van der Waals surface area (Å²) < 4.78 is 0. The summed E-state index contributed by atoms with van der Waals surface area (Å²) in [6.07, 6.45) is 0. The molecule has 0 aliphatic carbocycles. The number of carbonyl (C=O) groups is 2. The van der Waals surface area contributed by atoms with E-state index in [1.54, 1.807) is 26.0 Å². The average Bonchev–Trinajstić information content (AvgIpc) is 2.31. The third-order valence-corrected chi connectivity index (χ3v) is 2.05. The van der Waals surface area contributed by atoms with E-state index in [-0.39, 0.29) is 11.8 Å². The van der Waals surface area contributed by atoms with Gasteiger partial charge in [-0.3, -0.25) is 14.5 Å². The molecule has 0 bridgehead atoms. The lowest BCUT2D eigenvalue weighted by atomic mass is 10.5. The van der Waals surface area contributed by atoms with Crippen LogP contribution in [0, 0.1) is 0 Å². The molecule has 0 aromatic rings. The van der Waals surface area contributed by atoms with Gasteiger partial charge in [-0.15, -0.1) is 0 Å². The maximum atomic E-state index is 11.3. The zero-order valence-electron chi connectivity index (χ0n) is 8.28. The first-order chi connectivity index (χ1) is 6.00. The average molecular weight is 185 g/mol. The van der Waals surface area contributed by atoms with Gasteiger partial charge in [-0.2, -0.15) is 0 Å². The van der Waals surface area contributed by atoms with Gasteiger partial charge in [0.25, 0.3) is 0 Å². The van der Waals surface area contributed by atoms with Crippen LogP contribution in [0.1, 0.15) is 0 Å². The first-order valence-corrected chi connectivity index (χ1v) is 4.17. The highest BCUT2D eigenvalue weighted by atomic mass is 16.2. The predicted molar refractivity (Wildman–Crippen MR) is 47.9 cm³/mol. The Hall–Kier alpha value is -1.10. The molecule has 0 atom stereocenters. The number of carbonyl (C=O) groups excluding carboxylic acids is 2. The normalized spacial score (nSPS) is 18.1. The van der Waals surface area contributed by atoms with Gasteiger partial charge in [0, 0.05) is 21.1 Å². The highest BCUT2D eigenvalue weighted by Gasteiger charge is 2.25. The minimum atomic E-state index is 0.0306. The Morgan fingerprint density at radius 3 is 2.54 bits per heavy atom. The van der Waals surface area contributed by atoms with Crippen molar-refractivity contribution < 1.29 is 9.59 Å². The fraction of sp³-hybridized carbons (Fsp3) is 0.750. The lowest BCUT2D eigenvalue weighted by molar-refractivity contribution is -0.129. The summed E-state index contributed by atoms with van der Waals surface area (Å²) in [6.45, 7) is 1.23. The topological polar surface area (TPSA) is 43.9 Å². The molecule has 1 fully saturated rings. The molecule has 0 saturated carbocycles. The van der Waals surface area contributed by atoms with Gasteiger partial charge in [-0.25, -0.2) is 0 Å². The van der Waals surface area contributed by atoms with Crippen molar-refractivity contribution >= 4 is 11.8 Å². The number of hydrogen-bond donors (Lipinski definition) is 0. The zero-order valence-corrected chi connectivity index (χ0v) is 8.28. The fourth-order valence-corrected chi connectivity index (χ4v) is 1.18. The summed E-state index contributed by atoms with van der Waals surface area (Å²) >= 11 is 0. The van der Waals surface area contributed by atoms with Crippen LogP contribution in [0.3, 0.4) is 0 Å². The van der Waals surface area contributed by atoms with Crippen LogP contribution in [-0.2, 0) is 9.59 Å². The van der Waals surface area contributed by atoms with Gasteiger partial charge < -0.3 is 9.80 Å².